The molecule has 6 nitrogen and oxygen atoms in total. The molecule has 0 spiro atoms. The minimum absolute atomic E-state index is 0.116. The van der Waals surface area contributed by atoms with Crippen molar-refractivity contribution in [3.63, 3.8) is 0 Å². The van der Waals surface area contributed by atoms with Crippen LogP contribution in [0.5, 0.6) is 0 Å². The van der Waals surface area contributed by atoms with Gasteiger partial charge in [0.15, 0.2) is 6.10 Å². The van der Waals surface area contributed by atoms with Gasteiger partial charge in [-0.25, -0.2) is 0 Å². The Kier molecular flexibility index (Phi) is 61.9. The van der Waals surface area contributed by atoms with Crippen LogP contribution in [0.2, 0.25) is 0 Å². The number of allylic oxidation sites excluding steroid dienone is 28. The molecule has 1 atom stereocenters. The molecule has 0 heterocycles. The molecule has 0 rings (SSSR count). The monoisotopic (exact) mass is 1100 g/mol. The van der Waals surface area contributed by atoms with E-state index in [9.17, 15) is 14.4 Å². The second-order valence-electron chi connectivity index (χ2n) is 20.5. The zero-order valence-electron chi connectivity index (χ0n) is 51.3. The van der Waals surface area contributed by atoms with Crippen molar-refractivity contribution in [3.8, 4) is 0 Å². The Morgan fingerprint density at radius 2 is 0.487 bits per heavy atom. The Bertz CT molecular complexity index is 1840. The molecule has 0 aliphatic carbocycles. The summed E-state index contributed by atoms with van der Waals surface area (Å²) >= 11 is 0. The molecular formula is C74H116O6. The van der Waals surface area contributed by atoms with Gasteiger partial charge in [-0.1, -0.05) is 255 Å². The first-order valence-electron chi connectivity index (χ1n) is 32.1. The SMILES string of the molecule is CC/C=C\C/C=C\C/C=C\C/C=C\C/C=C\C/C=C\CCCCCCCCC(=O)OCC(COC(=O)CCCCCCC/C=C\C/C=C\CCCCCC)OC(=O)CCCC/C=C\C/C=C\C/C=C\C/C=C\C/C=C\C/C=C\CC. The molecule has 0 radical (unpaired) electrons. The predicted molar refractivity (Wildman–Crippen MR) is 348 cm³/mol. The summed E-state index contributed by atoms with van der Waals surface area (Å²) in [4.78, 5) is 38.4. The summed E-state index contributed by atoms with van der Waals surface area (Å²) in [5, 5.41) is 0. The Morgan fingerprint density at radius 3 is 0.787 bits per heavy atom. The Balaban J connectivity index is 4.54. The smallest absolute Gasteiger partial charge is 0.306 e. The molecule has 448 valence electrons. The molecular weight excluding hydrogens is 985 g/mol. The number of esters is 3. The van der Waals surface area contributed by atoms with Gasteiger partial charge in [0.2, 0.25) is 0 Å². The summed E-state index contributed by atoms with van der Waals surface area (Å²) in [6, 6.07) is 0. The molecule has 0 aliphatic heterocycles. The second-order valence-corrected chi connectivity index (χ2v) is 20.5. The first kappa shape index (κ1) is 74.8. The van der Waals surface area contributed by atoms with Gasteiger partial charge in [0.25, 0.3) is 0 Å². The molecule has 0 aromatic rings. The maximum atomic E-state index is 12.9. The second kappa shape index (κ2) is 66.3. The zero-order chi connectivity index (χ0) is 57.8. The van der Waals surface area contributed by atoms with Gasteiger partial charge in [-0.3, -0.25) is 14.4 Å². The number of unbranched alkanes of at least 4 members (excludes halogenated alkanes) is 17. The number of carbonyl (C=O) groups excluding carboxylic acids is 3. The van der Waals surface area contributed by atoms with Crippen LogP contribution in [-0.2, 0) is 28.6 Å². The summed E-state index contributed by atoms with van der Waals surface area (Å²) in [6.07, 6.45) is 97.8. The van der Waals surface area contributed by atoms with Crippen molar-refractivity contribution in [2.45, 2.75) is 264 Å². The van der Waals surface area contributed by atoms with E-state index in [2.05, 4.69) is 191 Å². The molecule has 0 saturated carbocycles. The lowest BCUT2D eigenvalue weighted by Gasteiger charge is -2.18. The molecule has 80 heavy (non-hydrogen) atoms. The average molecular weight is 1100 g/mol. The minimum atomic E-state index is -0.825. The van der Waals surface area contributed by atoms with Crippen LogP contribution in [0.15, 0.2) is 170 Å². The van der Waals surface area contributed by atoms with Crippen LogP contribution < -0.4 is 0 Å². The van der Waals surface area contributed by atoms with Gasteiger partial charge in [0.05, 0.1) is 0 Å². The third-order valence-electron chi connectivity index (χ3n) is 12.9. The highest BCUT2D eigenvalue weighted by Gasteiger charge is 2.19. The van der Waals surface area contributed by atoms with Crippen LogP contribution >= 0.6 is 0 Å². The number of rotatable bonds is 56. The maximum absolute atomic E-state index is 12.9. The van der Waals surface area contributed by atoms with Crippen LogP contribution in [0.4, 0.5) is 0 Å². The lowest BCUT2D eigenvalue weighted by Crippen LogP contribution is -2.30. The van der Waals surface area contributed by atoms with Crippen molar-refractivity contribution in [2.75, 3.05) is 13.2 Å². The number of carbonyl (C=O) groups is 3. The summed E-state index contributed by atoms with van der Waals surface area (Å²) in [7, 11) is 0. The van der Waals surface area contributed by atoms with Crippen LogP contribution in [-0.4, -0.2) is 37.2 Å². The molecule has 1 unspecified atom stereocenters. The van der Waals surface area contributed by atoms with Crippen LogP contribution in [0.1, 0.15) is 258 Å². The van der Waals surface area contributed by atoms with E-state index in [1.165, 1.54) is 44.9 Å². The van der Waals surface area contributed by atoms with Crippen molar-refractivity contribution < 1.29 is 28.6 Å². The lowest BCUT2D eigenvalue weighted by molar-refractivity contribution is -0.167. The van der Waals surface area contributed by atoms with Crippen molar-refractivity contribution in [3.05, 3.63) is 170 Å². The van der Waals surface area contributed by atoms with E-state index in [-0.39, 0.29) is 37.5 Å². The molecule has 0 N–H and O–H groups in total. The predicted octanol–water partition coefficient (Wildman–Crippen LogP) is 22.3. The molecule has 6 heteroatoms. The Hall–Kier alpha value is -5.23. The highest BCUT2D eigenvalue weighted by Crippen LogP contribution is 2.13. The summed E-state index contributed by atoms with van der Waals surface area (Å²) < 4.78 is 16.9. The summed E-state index contributed by atoms with van der Waals surface area (Å²) in [5.41, 5.74) is 0. The molecule has 0 aromatic heterocycles. The van der Waals surface area contributed by atoms with Gasteiger partial charge in [-0.15, -0.1) is 0 Å². The molecule has 0 fully saturated rings. The van der Waals surface area contributed by atoms with Gasteiger partial charge >= 0.3 is 17.9 Å². The summed E-state index contributed by atoms with van der Waals surface area (Å²) in [5.74, 6) is -0.992. The average Bonchev–Trinajstić information content (AvgIpc) is 3.46. The number of hydrogen-bond donors (Lipinski definition) is 0. The van der Waals surface area contributed by atoms with Gasteiger partial charge in [-0.2, -0.15) is 0 Å². The van der Waals surface area contributed by atoms with E-state index < -0.39 is 6.10 Å². The quantitative estimate of drug-likeness (QED) is 0.0261. The van der Waals surface area contributed by atoms with E-state index >= 15 is 0 Å². The molecule has 0 aliphatic rings. The Labute approximate surface area is 492 Å². The third-order valence-corrected chi connectivity index (χ3v) is 12.9. The van der Waals surface area contributed by atoms with Gasteiger partial charge in [-0.05, 0) is 154 Å². The van der Waals surface area contributed by atoms with Crippen LogP contribution in [0, 0.1) is 0 Å². The first-order chi connectivity index (χ1) is 39.5. The highest BCUT2D eigenvalue weighted by atomic mass is 16.6. The molecule has 0 saturated heterocycles. The van der Waals surface area contributed by atoms with Crippen molar-refractivity contribution in [1.82, 2.24) is 0 Å². The topological polar surface area (TPSA) is 78.9 Å². The molecule has 0 aromatic carbocycles. The highest BCUT2D eigenvalue weighted by molar-refractivity contribution is 5.71. The fourth-order valence-electron chi connectivity index (χ4n) is 8.18. The van der Waals surface area contributed by atoms with Crippen molar-refractivity contribution in [1.29, 1.82) is 0 Å². The van der Waals surface area contributed by atoms with Crippen molar-refractivity contribution in [2.24, 2.45) is 0 Å². The fourth-order valence-corrected chi connectivity index (χ4v) is 8.18. The van der Waals surface area contributed by atoms with Gasteiger partial charge in [0, 0.05) is 19.3 Å². The standard InChI is InChI=1S/C74H116O6/c1-4-7-10-13-16-19-22-25-28-31-33-35-36-37-38-40-41-43-46-49-52-55-58-61-64-67-73(76)79-70-71(69-78-72(75)66-63-60-57-54-51-48-45-30-27-24-21-18-15-12-9-6-3)80-74(77)68-65-62-59-56-53-50-47-44-42-39-34-32-29-26-23-20-17-14-11-8-5-2/h7-8,10-11,16-17,19-21,24-26,28-30,33-35,37-39,41,43-45,47,53,56,71H,4-6,9,12-15,18,22-23,27,31-32,36,40,42,46,48-52,54-55,57-70H2,1-3H3/b10-7-,11-8-,19-16-,20-17-,24-21-,28-25-,29-26-,35-33-,38-37-,39-34-,43-41-,45-30-,47-44-,56-53-. The van der Waals surface area contributed by atoms with E-state index in [0.29, 0.717) is 19.3 Å². The van der Waals surface area contributed by atoms with Gasteiger partial charge in [0.1, 0.15) is 13.2 Å². The van der Waals surface area contributed by atoms with Gasteiger partial charge < -0.3 is 14.2 Å². The minimum Gasteiger partial charge on any atom is -0.462 e. The molecule has 0 bridgehead atoms. The van der Waals surface area contributed by atoms with E-state index in [1.54, 1.807) is 0 Å². The zero-order valence-corrected chi connectivity index (χ0v) is 51.3. The van der Waals surface area contributed by atoms with Crippen molar-refractivity contribution >= 4 is 17.9 Å². The van der Waals surface area contributed by atoms with E-state index in [0.717, 1.165) is 167 Å². The van der Waals surface area contributed by atoms with E-state index in [1.807, 2.05) is 0 Å². The van der Waals surface area contributed by atoms with Crippen LogP contribution in [0.3, 0.4) is 0 Å². The maximum Gasteiger partial charge on any atom is 0.306 e. The summed E-state index contributed by atoms with van der Waals surface area (Å²) in [6.45, 7) is 6.33. The molecule has 0 amide bonds. The largest absolute Gasteiger partial charge is 0.462 e. The number of ether oxygens (including phenoxy) is 3. The fraction of sp³-hybridized carbons (Fsp3) is 0.581. The number of hydrogen-bond acceptors (Lipinski definition) is 6. The Morgan fingerprint density at radius 1 is 0.263 bits per heavy atom. The first-order valence-corrected chi connectivity index (χ1v) is 32.1. The third kappa shape index (κ3) is 63.6. The van der Waals surface area contributed by atoms with Crippen LogP contribution in [0.25, 0.3) is 0 Å². The lowest BCUT2D eigenvalue weighted by atomic mass is 10.1. The normalized spacial score (nSPS) is 13.3. The van der Waals surface area contributed by atoms with E-state index in [4.69, 9.17) is 14.2 Å².